The van der Waals surface area contributed by atoms with Crippen molar-refractivity contribution in [3.05, 3.63) is 60.7 Å². The van der Waals surface area contributed by atoms with Gasteiger partial charge in [0.2, 0.25) is 0 Å². The van der Waals surface area contributed by atoms with E-state index in [0.29, 0.717) is 13.1 Å². The zero-order chi connectivity index (χ0) is 17.1. The molecule has 0 aliphatic carbocycles. The van der Waals surface area contributed by atoms with Gasteiger partial charge in [-0.1, -0.05) is 36.4 Å². The van der Waals surface area contributed by atoms with Crippen molar-refractivity contribution in [1.82, 2.24) is 0 Å². The van der Waals surface area contributed by atoms with E-state index in [-0.39, 0.29) is 12.8 Å². The smallest absolute Gasteiger partial charge is 0.328 e. The highest BCUT2D eigenvalue weighted by atomic mass is 16.3. The highest BCUT2D eigenvalue weighted by molar-refractivity contribution is 6.03. The van der Waals surface area contributed by atoms with E-state index in [0.717, 1.165) is 11.4 Å². The van der Waals surface area contributed by atoms with Gasteiger partial charge in [0, 0.05) is 24.5 Å². The van der Waals surface area contributed by atoms with E-state index in [2.05, 4.69) is 5.73 Å². The molecule has 0 fully saturated rings. The Kier molecular flexibility index (Phi) is 8.42. The molecule has 0 spiro atoms. The topological polar surface area (TPSA) is 69.8 Å². The van der Waals surface area contributed by atoms with E-state index in [1.807, 2.05) is 74.5 Å². The molecule has 0 saturated heterocycles. The third-order valence-electron chi connectivity index (χ3n) is 3.23. The number of carbonyl (C=O) groups excluding carboxylic acids is 1. The number of carbonyl (C=O) groups is 1. The van der Waals surface area contributed by atoms with Gasteiger partial charge in [0.25, 0.3) is 0 Å². The maximum atomic E-state index is 12.8. The summed E-state index contributed by atoms with van der Waals surface area (Å²) < 4.78 is 0. The van der Waals surface area contributed by atoms with E-state index < -0.39 is 0 Å². The molecular weight excluding hydrogens is 290 g/mol. The molecule has 2 rings (SSSR count). The third kappa shape index (κ3) is 5.39. The zero-order valence-electron chi connectivity index (χ0n) is 13.7. The summed E-state index contributed by atoms with van der Waals surface area (Å²) in [6.07, 6.45) is 0. The van der Waals surface area contributed by atoms with Gasteiger partial charge in [0.05, 0.1) is 6.73 Å². The number of hydrogen-bond acceptors (Lipinski definition) is 3. The van der Waals surface area contributed by atoms with Crippen LogP contribution in [0, 0.1) is 0 Å². The molecule has 2 aromatic carbocycles. The first-order valence-corrected chi connectivity index (χ1v) is 7.69. The highest BCUT2D eigenvalue weighted by Gasteiger charge is 2.20. The number of hydrogen-bond donors (Lipinski definition) is 2. The Labute approximate surface area is 137 Å². The molecule has 0 bridgehead atoms. The minimum atomic E-state index is -0.250. The number of nitrogens with zero attached hydrogens (tertiary/aromatic N) is 2. The number of aliphatic hydroxyl groups is 1. The first kappa shape index (κ1) is 18.7. The summed E-state index contributed by atoms with van der Waals surface area (Å²) in [6, 6.07) is 19.5. The molecule has 0 atom stereocenters. The summed E-state index contributed by atoms with van der Waals surface area (Å²) in [7, 11) is 0. The molecule has 0 radical (unpaired) electrons. The quantitative estimate of drug-likeness (QED) is 0.852. The van der Waals surface area contributed by atoms with Crippen molar-refractivity contribution in [2.75, 3.05) is 29.6 Å². The van der Waals surface area contributed by atoms with Crippen LogP contribution in [0.3, 0.4) is 0 Å². The second kappa shape index (κ2) is 10.4. The van der Waals surface area contributed by atoms with Crippen molar-refractivity contribution >= 4 is 17.4 Å². The molecule has 0 aliphatic rings. The van der Waals surface area contributed by atoms with E-state index in [1.165, 1.54) is 0 Å². The Morgan fingerprint density at radius 2 is 1.17 bits per heavy atom. The van der Waals surface area contributed by atoms with Gasteiger partial charge in [0.15, 0.2) is 0 Å². The van der Waals surface area contributed by atoms with E-state index in [4.69, 9.17) is 5.11 Å². The molecule has 2 aromatic rings. The van der Waals surface area contributed by atoms with Crippen LogP contribution in [0.25, 0.3) is 0 Å². The van der Waals surface area contributed by atoms with Crippen molar-refractivity contribution in [3.63, 3.8) is 0 Å². The van der Waals surface area contributed by atoms with Crippen LogP contribution in [0.4, 0.5) is 16.2 Å². The largest absolute Gasteiger partial charge is 0.382 e. The summed E-state index contributed by atoms with van der Waals surface area (Å²) in [5.41, 5.74) is 6.25. The molecule has 5 nitrogen and oxygen atoms in total. The Hall–Kier alpha value is -2.37. The first-order chi connectivity index (χ1) is 11.2. The lowest BCUT2D eigenvalue weighted by Crippen LogP contribution is -2.43. The minimum absolute atomic E-state index is 0.00685. The molecule has 0 unspecified atom stereocenters. The Bertz CT molecular complexity index is 511. The molecule has 2 amide bonds. The number of benzene rings is 2. The maximum Gasteiger partial charge on any atom is 0.328 e. The standard InChI is InChI=1S/C17H20N2O.CH5NO/c1-3-18(15-11-7-5-8-12-15)17(20)19(4-2)16-13-9-6-10-14-16;2-1-3/h5-14H,3-4H2,1-2H3;3H,1-2H2. The zero-order valence-corrected chi connectivity index (χ0v) is 13.7. The van der Waals surface area contributed by atoms with Crippen molar-refractivity contribution in [3.8, 4) is 0 Å². The normalized spacial score (nSPS) is 9.57. The number of rotatable bonds is 4. The monoisotopic (exact) mass is 315 g/mol. The van der Waals surface area contributed by atoms with Gasteiger partial charge in [-0.25, -0.2) is 4.79 Å². The van der Waals surface area contributed by atoms with Crippen molar-refractivity contribution in [2.24, 2.45) is 5.73 Å². The molecule has 3 N–H and O–H groups in total. The average molecular weight is 315 g/mol. The van der Waals surface area contributed by atoms with E-state index in [1.54, 1.807) is 9.80 Å². The van der Waals surface area contributed by atoms with Crippen LogP contribution >= 0.6 is 0 Å². The average Bonchev–Trinajstić information content (AvgIpc) is 2.59. The van der Waals surface area contributed by atoms with E-state index in [9.17, 15) is 4.79 Å². The number of aliphatic hydroxyl groups excluding tert-OH is 1. The summed E-state index contributed by atoms with van der Waals surface area (Å²) in [6.45, 7) is 5.02. The van der Waals surface area contributed by atoms with Crippen LogP contribution in [-0.4, -0.2) is 31.0 Å². The van der Waals surface area contributed by atoms with Gasteiger partial charge in [-0.2, -0.15) is 0 Å². The maximum absolute atomic E-state index is 12.8. The molecule has 5 heteroatoms. The molecule has 124 valence electrons. The number of amides is 2. The molecule has 0 aliphatic heterocycles. The Morgan fingerprint density at radius 1 is 0.870 bits per heavy atom. The summed E-state index contributed by atoms with van der Waals surface area (Å²) in [4.78, 5) is 16.3. The highest BCUT2D eigenvalue weighted by Crippen LogP contribution is 2.19. The second-order valence-corrected chi connectivity index (χ2v) is 4.62. The lowest BCUT2D eigenvalue weighted by atomic mass is 10.2. The van der Waals surface area contributed by atoms with Crippen LogP contribution < -0.4 is 15.5 Å². The van der Waals surface area contributed by atoms with Gasteiger partial charge in [-0.15, -0.1) is 0 Å². The van der Waals surface area contributed by atoms with E-state index >= 15 is 0 Å². The van der Waals surface area contributed by atoms with Crippen LogP contribution in [0.5, 0.6) is 0 Å². The lowest BCUT2D eigenvalue weighted by Gasteiger charge is -2.29. The van der Waals surface area contributed by atoms with Gasteiger partial charge < -0.3 is 10.8 Å². The molecular formula is C18H25N3O2. The Balaban J connectivity index is 0.000000816. The number of para-hydroxylation sites is 2. The first-order valence-electron chi connectivity index (χ1n) is 7.69. The van der Waals surface area contributed by atoms with Crippen molar-refractivity contribution in [2.45, 2.75) is 13.8 Å². The van der Waals surface area contributed by atoms with Crippen molar-refractivity contribution in [1.29, 1.82) is 0 Å². The van der Waals surface area contributed by atoms with Crippen LogP contribution in [0.2, 0.25) is 0 Å². The number of anilines is 2. The van der Waals surface area contributed by atoms with Gasteiger partial charge in [-0.05, 0) is 38.1 Å². The molecule has 0 saturated carbocycles. The molecule has 0 heterocycles. The lowest BCUT2D eigenvalue weighted by molar-refractivity contribution is 0.252. The Morgan fingerprint density at radius 3 is 1.43 bits per heavy atom. The molecule has 0 aromatic heterocycles. The van der Waals surface area contributed by atoms with Gasteiger partial charge in [0.1, 0.15) is 0 Å². The summed E-state index contributed by atoms with van der Waals surface area (Å²) >= 11 is 0. The summed E-state index contributed by atoms with van der Waals surface area (Å²) in [5, 5.41) is 7.35. The SMILES string of the molecule is CCN(C(=O)N(CC)c1ccccc1)c1ccccc1.NCO. The predicted octanol–water partition coefficient (Wildman–Crippen LogP) is 3.05. The minimum Gasteiger partial charge on any atom is -0.382 e. The fraction of sp³-hybridized carbons (Fsp3) is 0.278. The fourth-order valence-electron chi connectivity index (χ4n) is 2.22. The van der Waals surface area contributed by atoms with Crippen molar-refractivity contribution < 1.29 is 9.90 Å². The number of nitrogens with two attached hydrogens (primary N) is 1. The van der Waals surface area contributed by atoms with Crippen LogP contribution in [-0.2, 0) is 0 Å². The summed E-state index contributed by atoms with van der Waals surface area (Å²) in [5.74, 6) is 0. The van der Waals surface area contributed by atoms with Gasteiger partial charge in [-0.3, -0.25) is 9.80 Å². The predicted molar refractivity (Wildman–Crippen MR) is 95.6 cm³/mol. The number of urea groups is 1. The van der Waals surface area contributed by atoms with Gasteiger partial charge >= 0.3 is 6.03 Å². The molecule has 23 heavy (non-hydrogen) atoms. The fourth-order valence-corrected chi connectivity index (χ4v) is 2.22. The second-order valence-electron chi connectivity index (χ2n) is 4.62. The van der Waals surface area contributed by atoms with Crippen LogP contribution in [0.1, 0.15) is 13.8 Å². The third-order valence-corrected chi connectivity index (χ3v) is 3.23. The van der Waals surface area contributed by atoms with Crippen LogP contribution in [0.15, 0.2) is 60.7 Å².